The van der Waals surface area contributed by atoms with Crippen LogP contribution in [0.2, 0.25) is 0 Å². The number of phenols is 1. The van der Waals surface area contributed by atoms with Gasteiger partial charge in [0.2, 0.25) is 11.8 Å². The molecule has 2 atom stereocenters. The summed E-state index contributed by atoms with van der Waals surface area (Å²) in [7, 11) is 0. The number of phenolic OH excluding ortho intramolecular Hbond substituents is 1. The van der Waals surface area contributed by atoms with Crippen molar-refractivity contribution < 1.29 is 33.4 Å². The quantitative estimate of drug-likeness (QED) is 0.280. The van der Waals surface area contributed by atoms with Crippen molar-refractivity contribution >= 4 is 17.8 Å². The highest BCUT2D eigenvalue weighted by Gasteiger charge is 2.51. The lowest BCUT2D eigenvalue weighted by Gasteiger charge is -2.55. The molecule has 3 saturated heterocycles. The first-order valence-electron chi connectivity index (χ1n) is 16.9. The number of carbonyl (C=O) groups excluding carboxylic acids is 3. The Morgan fingerprint density at radius 1 is 1.02 bits per heavy atom. The standard InChI is InChI=1S/C37H43FN6O6/c1-2-14-42-26-35(46)43-32(21-27-8-11-30(45)12-9-27)36(47)41(25-34(43)44(42)37(48)39-23-28-6-4-3-5-7-28)24-29-10-13-31(38)33(22-29)50-20-17-40-15-18-49-19-16-40/h2-13,22,32,34,45H,1,14-21,23-26H2,(H,39,48)/t32-,34-/m0/s1. The van der Waals surface area contributed by atoms with Crippen molar-refractivity contribution in [2.24, 2.45) is 0 Å². The molecule has 0 radical (unpaired) electrons. The fraction of sp³-hybridized carbons (Fsp3) is 0.378. The van der Waals surface area contributed by atoms with Gasteiger partial charge in [0.25, 0.3) is 0 Å². The summed E-state index contributed by atoms with van der Waals surface area (Å²) in [5, 5.41) is 16.0. The van der Waals surface area contributed by atoms with Gasteiger partial charge in [-0.25, -0.2) is 19.2 Å². The van der Waals surface area contributed by atoms with Gasteiger partial charge in [-0.3, -0.25) is 14.5 Å². The maximum Gasteiger partial charge on any atom is 0.334 e. The molecule has 3 aromatic carbocycles. The zero-order valence-corrected chi connectivity index (χ0v) is 28.0. The maximum atomic E-state index is 14.9. The van der Waals surface area contributed by atoms with E-state index >= 15 is 0 Å². The molecule has 4 amide bonds. The number of benzene rings is 3. The minimum absolute atomic E-state index is 0.0215. The molecule has 0 saturated carbocycles. The molecule has 0 aromatic heterocycles. The Balaban J connectivity index is 1.27. The molecular formula is C37H43FN6O6. The monoisotopic (exact) mass is 686 g/mol. The van der Waals surface area contributed by atoms with Crippen molar-refractivity contribution in [2.45, 2.75) is 31.7 Å². The fourth-order valence-corrected chi connectivity index (χ4v) is 6.64. The van der Waals surface area contributed by atoms with E-state index in [0.717, 1.165) is 24.2 Å². The topological polar surface area (TPSA) is 118 Å². The molecule has 3 aromatic rings. The zero-order valence-electron chi connectivity index (χ0n) is 28.0. The van der Waals surface area contributed by atoms with Crippen LogP contribution in [0.25, 0.3) is 0 Å². The molecule has 2 N–H and O–H groups in total. The molecule has 3 heterocycles. The zero-order chi connectivity index (χ0) is 35.0. The predicted octanol–water partition coefficient (Wildman–Crippen LogP) is 2.98. The Morgan fingerprint density at radius 2 is 1.76 bits per heavy atom. The predicted molar refractivity (Wildman–Crippen MR) is 183 cm³/mol. The SMILES string of the molecule is C=CCN1CC(=O)N2[C@@H](Cc3ccc(O)cc3)C(=O)N(Cc3ccc(F)c(OCCN4CCOCC4)c3)C[C@@H]2N1C(=O)NCc1ccccc1. The van der Waals surface area contributed by atoms with Crippen molar-refractivity contribution in [3.8, 4) is 11.5 Å². The second-order valence-corrected chi connectivity index (χ2v) is 12.6. The summed E-state index contributed by atoms with van der Waals surface area (Å²) in [5.74, 6) is -0.925. The number of rotatable bonds is 12. The molecule has 0 bridgehead atoms. The van der Waals surface area contributed by atoms with Gasteiger partial charge in [0, 0.05) is 45.7 Å². The first kappa shape index (κ1) is 34.9. The number of urea groups is 1. The smallest absolute Gasteiger partial charge is 0.334 e. The van der Waals surface area contributed by atoms with Gasteiger partial charge >= 0.3 is 6.03 Å². The van der Waals surface area contributed by atoms with E-state index in [0.29, 0.717) is 31.9 Å². The molecule has 3 aliphatic heterocycles. The number of fused-ring (bicyclic) bond motifs is 1. The van der Waals surface area contributed by atoms with E-state index in [1.54, 1.807) is 40.3 Å². The minimum Gasteiger partial charge on any atom is -0.508 e. The number of hydrogen-bond acceptors (Lipinski definition) is 8. The molecule has 3 fully saturated rings. The van der Waals surface area contributed by atoms with Crippen LogP contribution < -0.4 is 10.1 Å². The molecule has 12 nitrogen and oxygen atoms in total. The van der Waals surface area contributed by atoms with Crippen LogP contribution in [0.1, 0.15) is 16.7 Å². The van der Waals surface area contributed by atoms with Gasteiger partial charge in [-0.15, -0.1) is 6.58 Å². The van der Waals surface area contributed by atoms with E-state index < -0.39 is 24.1 Å². The average Bonchev–Trinajstić information content (AvgIpc) is 3.12. The van der Waals surface area contributed by atoms with Crippen LogP contribution in [0.15, 0.2) is 85.5 Å². The lowest BCUT2D eigenvalue weighted by Crippen LogP contribution is -2.76. The number of morpholine rings is 1. The van der Waals surface area contributed by atoms with Gasteiger partial charge in [0.15, 0.2) is 11.6 Å². The third-order valence-corrected chi connectivity index (χ3v) is 9.17. The number of nitrogens with one attached hydrogen (secondary N) is 1. The summed E-state index contributed by atoms with van der Waals surface area (Å²) in [6.07, 6.45) is 0.952. The molecule has 0 aliphatic carbocycles. The second kappa shape index (κ2) is 16.2. The van der Waals surface area contributed by atoms with E-state index in [2.05, 4.69) is 16.8 Å². The molecule has 3 aliphatic rings. The van der Waals surface area contributed by atoms with Crippen LogP contribution in [-0.2, 0) is 33.8 Å². The number of carbonyl (C=O) groups is 3. The average molecular weight is 687 g/mol. The first-order chi connectivity index (χ1) is 24.3. The van der Waals surface area contributed by atoms with Crippen LogP contribution in [0, 0.1) is 5.82 Å². The lowest BCUT2D eigenvalue weighted by atomic mass is 9.98. The van der Waals surface area contributed by atoms with E-state index in [1.165, 1.54) is 28.1 Å². The Morgan fingerprint density at radius 3 is 2.50 bits per heavy atom. The summed E-state index contributed by atoms with van der Waals surface area (Å²) < 4.78 is 26.1. The minimum atomic E-state index is -0.939. The van der Waals surface area contributed by atoms with Crippen LogP contribution in [-0.4, -0.2) is 119 Å². The number of aromatic hydroxyl groups is 1. The van der Waals surface area contributed by atoms with Gasteiger partial charge < -0.3 is 29.7 Å². The normalized spacial score (nSPS) is 20.1. The Bertz CT molecular complexity index is 1650. The Labute approximate surface area is 291 Å². The lowest BCUT2D eigenvalue weighted by molar-refractivity contribution is -0.189. The third-order valence-electron chi connectivity index (χ3n) is 9.17. The molecule has 264 valence electrons. The fourth-order valence-electron chi connectivity index (χ4n) is 6.64. The summed E-state index contributed by atoms with van der Waals surface area (Å²) in [4.78, 5) is 47.4. The van der Waals surface area contributed by atoms with Crippen LogP contribution in [0.3, 0.4) is 0 Å². The van der Waals surface area contributed by atoms with Gasteiger partial charge in [0.1, 0.15) is 24.6 Å². The highest BCUT2D eigenvalue weighted by Crippen LogP contribution is 2.30. The largest absolute Gasteiger partial charge is 0.508 e. The molecule has 13 heteroatoms. The van der Waals surface area contributed by atoms with Crippen LogP contribution >= 0.6 is 0 Å². The van der Waals surface area contributed by atoms with Crippen LogP contribution in [0.4, 0.5) is 9.18 Å². The third kappa shape index (κ3) is 8.24. The highest BCUT2D eigenvalue weighted by molar-refractivity contribution is 5.91. The number of hydrazine groups is 1. The summed E-state index contributed by atoms with van der Waals surface area (Å²) in [6, 6.07) is 19.2. The number of halogens is 1. The highest BCUT2D eigenvalue weighted by atomic mass is 19.1. The Hall–Kier alpha value is -4.98. The van der Waals surface area contributed by atoms with Crippen molar-refractivity contribution in [2.75, 3.05) is 59.1 Å². The van der Waals surface area contributed by atoms with E-state index in [1.807, 2.05) is 30.3 Å². The first-order valence-corrected chi connectivity index (χ1v) is 16.9. The van der Waals surface area contributed by atoms with Crippen molar-refractivity contribution in [1.82, 2.24) is 30.0 Å². The number of amides is 4. The van der Waals surface area contributed by atoms with Crippen LogP contribution in [0.5, 0.6) is 11.5 Å². The summed E-state index contributed by atoms with van der Waals surface area (Å²) >= 11 is 0. The van der Waals surface area contributed by atoms with Crippen molar-refractivity contribution in [3.05, 3.63) is 108 Å². The number of nitrogens with zero attached hydrogens (tertiary/aromatic N) is 5. The molecule has 6 rings (SSSR count). The van der Waals surface area contributed by atoms with E-state index in [4.69, 9.17) is 9.47 Å². The summed E-state index contributed by atoms with van der Waals surface area (Å²) in [6.45, 7) is 8.15. The van der Waals surface area contributed by atoms with Crippen molar-refractivity contribution in [3.63, 3.8) is 0 Å². The second-order valence-electron chi connectivity index (χ2n) is 12.6. The van der Waals surface area contributed by atoms with Gasteiger partial charge in [-0.1, -0.05) is 54.6 Å². The summed E-state index contributed by atoms with van der Waals surface area (Å²) in [5.41, 5.74) is 2.29. The van der Waals surface area contributed by atoms with Gasteiger partial charge in [-0.2, -0.15) is 0 Å². The van der Waals surface area contributed by atoms with Gasteiger partial charge in [-0.05, 0) is 41.0 Å². The maximum absolute atomic E-state index is 14.9. The molecule has 0 unspecified atom stereocenters. The van der Waals surface area contributed by atoms with Crippen molar-refractivity contribution in [1.29, 1.82) is 0 Å². The number of piperazine rings is 1. The molecule has 0 spiro atoms. The van der Waals surface area contributed by atoms with E-state index in [-0.39, 0.29) is 62.5 Å². The number of ether oxygens (including phenoxy) is 2. The molecule has 50 heavy (non-hydrogen) atoms. The number of hydrogen-bond donors (Lipinski definition) is 2. The van der Waals surface area contributed by atoms with E-state index in [9.17, 15) is 23.9 Å². The Kier molecular flexibility index (Phi) is 11.3. The van der Waals surface area contributed by atoms with Gasteiger partial charge in [0.05, 0.1) is 26.3 Å². The molecular weight excluding hydrogens is 643 g/mol.